The van der Waals surface area contributed by atoms with Crippen molar-refractivity contribution < 1.29 is 18.9 Å². The minimum Gasteiger partial charge on any atom is -0.468 e. The van der Waals surface area contributed by atoms with E-state index in [1.807, 2.05) is 24.3 Å². The molecule has 0 radical (unpaired) electrons. The number of rotatable bonds is 8. The molecule has 4 nitrogen and oxygen atoms in total. The molecule has 4 aromatic rings. The van der Waals surface area contributed by atoms with Crippen LogP contribution in [0.2, 0.25) is 0 Å². The molecule has 1 aliphatic carbocycles. The average molecular weight is 596 g/mol. The second kappa shape index (κ2) is 10.2. The third kappa shape index (κ3) is 4.29. The van der Waals surface area contributed by atoms with E-state index in [2.05, 4.69) is 92.5 Å². The molecule has 35 heavy (non-hydrogen) atoms. The van der Waals surface area contributed by atoms with Crippen molar-refractivity contribution in [2.75, 3.05) is 27.8 Å². The molecule has 0 saturated carbocycles. The summed E-state index contributed by atoms with van der Waals surface area (Å²) in [4.78, 5) is 0. The number of methoxy groups -OCH3 is 2. The lowest BCUT2D eigenvalue weighted by atomic mass is 9.67. The summed E-state index contributed by atoms with van der Waals surface area (Å²) in [7, 11) is 3.23. The molecule has 6 heteroatoms. The minimum absolute atomic E-state index is 0.207. The van der Waals surface area contributed by atoms with Gasteiger partial charge in [-0.2, -0.15) is 0 Å². The lowest BCUT2D eigenvalue weighted by molar-refractivity contribution is 0.0509. The summed E-state index contributed by atoms with van der Waals surface area (Å²) in [6.45, 7) is 0.415. The highest BCUT2D eigenvalue weighted by molar-refractivity contribution is 9.10. The normalized spacial score (nSPS) is 13.3. The van der Waals surface area contributed by atoms with Gasteiger partial charge in [0, 0.05) is 23.2 Å². The second-order valence-corrected chi connectivity index (χ2v) is 10.1. The Bertz CT molecular complexity index is 1230. The fraction of sp³-hybridized carbons (Fsp3) is 0.172. The largest absolute Gasteiger partial charge is 0.468 e. The van der Waals surface area contributed by atoms with Crippen LogP contribution in [-0.2, 0) is 14.9 Å². The Morgan fingerprint density at radius 3 is 1.34 bits per heavy atom. The Kier molecular flexibility index (Phi) is 6.98. The van der Waals surface area contributed by atoms with Gasteiger partial charge in [-0.3, -0.25) is 0 Å². The zero-order chi connectivity index (χ0) is 24.4. The fourth-order valence-electron chi connectivity index (χ4n) is 4.91. The maximum absolute atomic E-state index is 5.68. The number of hydrogen-bond acceptors (Lipinski definition) is 4. The highest BCUT2D eigenvalue weighted by Gasteiger charge is 2.46. The van der Waals surface area contributed by atoms with Crippen LogP contribution in [0.25, 0.3) is 11.1 Å². The van der Waals surface area contributed by atoms with Crippen molar-refractivity contribution in [2.24, 2.45) is 0 Å². The van der Waals surface area contributed by atoms with Gasteiger partial charge in [-0.25, -0.2) is 0 Å². The number of fused-ring (bicyclic) bond motifs is 3. The number of benzene rings is 4. The minimum atomic E-state index is -0.530. The topological polar surface area (TPSA) is 36.9 Å². The molecular weight excluding hydrogens is 572 g/mol. The summed E-state index contributed by atoms with van der Waals surface area (Å²) in [6, 6.07) is 29.6. The Morgan fingerprint density at radius 1 is 0.571 bits per heavy atom. The molecule has 0 aromatic heterocycles. The van der Waals surface area contributed by atoms with Crippen molar-refractivity contribution in [1.82, 2.24) is 0 Å². The zero-order valence-corrected chi connectivity index (χ0v) is 22.6. The van der Waals surface area contributed by atoms with Crippen molar-refractivity contribution in [1.29, 1.82) is 0 Å². The van der Waals surface area contributed by atoms with E-state index in [-0.39, 0.29) is 13.6 Å². The Balaban J connectivity index is 1.77. The van der Waals surface area contributed by atoms with Crippen molar-refractivity contribution in [2.45, 2.75) is 5.41 Å². The van der Waals surface area contributed by atoms with Crippen LogP contribution in [0, 0.1) is 0 Å². The molecule has 0 saturated heterocycles. The van der Waals surface area contributed by atoms with Gasteiger partial charge in [-0.05, 0) is 81.9 Å². The van der Waals surface area contributed by atoms with Crippen LogP contribution in [-0.4, -0.2) is 27.8 Å². The highest BCUT2D eigenvalue weighted by atomic mass is 79.9. The molecule has 0 spiro atoms. The van der Waals surface area contributed by atoms with E-state index in [9.17, 15) is 0 Å². The van der Waals surface area contributed by atoms with E-state index in [1.54, 1.807) is 14.2 Å². The monoisotopic (exact) mass is 594 g/mol. The quantitative estimate of drug-likeness (QED) is 0.174. The van der Waals surface area contributed by atoms with Crippen LogP contribution in [0.1, 0.15) is 22.3 Å². The summed E-state index contributed by atoms with van der Waals surface area (Å²) in [6.07, 6.45) is 0. The first-order chi connectivity index (χ1) is 17.1. The lowest BCUT2D eigenvalue weighted by Gasteiger charge is -2.34. The molecule has 1 aliphatic rings. The van der Waals surface area contributed by atoms with Gasteiger partial charge >= 0.3 is 0 Å². The maximum atomic E-state index is 5.68. The second-order valence-electron chi connectivity index (χ2n) is 8.28. The Morgan fingerprint density at radius 2 is 0.971 bits per heavy atom. The van der Waals surface area contributed by atoms with E-state index in [4.69, 9.17) is 18.9 Å². The molecule has 0 heterocycles. The highest BCUT2D eigenvalue weighted by Crippen LogP contribution is 2.57. The first kappa shape index (κ1) is 24.1. The summed E-state index contributed by atoms with van der Waals surface area (Å²) >= 11 is 7.45. The van der Waals surface area contributed by atoms with Gasteiger partial charge in [0.05, 0.1) is 5.41 Å². The van der Waals surface area contributed by atoms with Crippen LogP contribution < -0.4 is 9.47 Å². The van der Waals surface area contributed by atoms with E-state index in [0.29, 0.717) is 0 Å². The molecule has 0 unspecified atom stereocenters. The van der Waals surface area contributed by atoms with E-state index >= 15 is 0 Å². The number of ether oxygens (including phenoxy) is 4. The third-order valence-electron chi connectivity index (χ3n) is 6.32. The first-order valence-corrected chi connectivity index (χ1v) is 12.7. The Labute approximate surface area is 222 Å². The third-order valence-corrected chi connectivity index (χ3v) is 7.31. The van der Waals surface area contributed by atoms with Crippen LogP contribution in [0.15, 0.2) is 93.9 Å². The molecule has 0 atom stereocenters. The first-order valence-electron chi connectivity index (χ1n) is 11.1. The summed E-state index contributed by atoms with van der Waals surface area (Å²) in [5.74, 6) is 1.52. The van der Waals surface area contributed by atoms with Gasteiger partial charge in [-0.15, -0.1) is 0 Å². The van der Waals surface area contributed by atoms with Gasteiger partial charge in [0.25, 0.3) is 0 Å². The predicted molar refractivity (Wildman–Crippen MR) is 144 cm³/mol. The molecule has 178 valence electrons. The summed E-state index contributed by atoms with van der Waals surface area (Å²) in [5, 5.41) is 0. The van der Waals surface area contributed by atoms with Gasteiger partial charge < -0.3 is 18.9 Å². The van der Waals surface area contributed by atoms with Crippen molar-refractivity contribution in [3.05, 3.63) is 116 Å². The van der Waals surface area contributed by atoms with Crippen molar-refractivity contribution in [3.63, 3.8) is 0 Å². The molecular formula is C29H24Br2O4. The lowest BCUT2D eigenvalue weighted by Crippen LogP contribution is -2.28. The van der Waals surface area contributed by atoms with E-state index < -0.39 is 5.41 Å². The predicted octanol–water partition coefficient (Wildman–Crippen LogP) is 7.54. The van der Waals surface area contributed by atoms with Gasteiger partial charge in [0.1, 0.15) is 11.5 Å². The molecule has 0 amide bonds. The maximum Gasteiger partial charge on any atom is 0.188 e. The molecule has 0 N–H and O–H groups in total. The summed E-state index contributed by atoms with van der Waals surface area (Å²) in [5.41, 5.74) is 6.63. The van der Waals surface area contributed by atoms with Gasteiger partial charge in [0.2, 0.25) is 0 Å². The van der Waals surface area contributed by atoms with E-state index in [0.717, 1.165) is 31.6 Å². The fourth-order valence-corrected chi connectivity index (χ4v) is 5.64. The zero-order valence-electron chi connectivity index (χ0n) is 19.4. The number of hydrogen-bond donors (Lipinski definition) is 0. The Hall–Kier alpha value is -2.64. The molecule has 5 rings (SSSR count). The molecule has 0 aliphatic heterocycles. The van der Waals surface area contributed by atoms with E-state index in [1.165, 1.54) is 22.3 Å². The smallest absolute Gasteiger partial charge is 0.188 e. The van der Waals surface area contributed by atoms with Crippen LogP contribution in [0.3, 0.4) is 0 Å². The molecule has 0 fully saturated rings. The molecule has 4 aromatic carbocycles. The van der Waals surface area contributed by atoms with Crippen LogP contribution in [0.5, 0.6) is 11.5 Å². The SMILES string of the molecule is COCOc1ccc(C2(c3ccc(OCOC)cc3)c3cc(Br)ccc3-c3ccc(Br)cc32)cc1. The average Bonchev–Trinajstić information content (AvgIpc) is 3.16. The van der Waals surface area contributed by atoms with Crippen molar-refractivity contribution in [3.8, 4) is 22.6 Å². The van der Waals surface area contributed by atoms with Crippen LogP contribution >= 0.6 is 31.9 Å². The number of halogens is 2. The summed E-state index contributed by atoms with van der Waals surface area (Å²) < 4.78 is 23.6. The van der Waals surface area contributed by atoms with Crippen molar-refractivity contribution >= 4 is 31.9 Å². The molecule has 0 bridgehead atoms. The van der Waals surface area contributed by atoms with Gasteiger partial charge in [-0.1, -0.05) is 68.3 Å². The standard InChI is InChI=1S/C29H24Br2O4/c1-32-17-34-23-9-3-19(4-10-23)29(20-5-11-24(12-6-20)35-18-33-2)27-15-21(30)7-13-25(27)26-14-8-22(31)16-28(26)29/h3-16H,17-18H2,1-2H3. The van der Waals surface area contributed by atoms with Crippen LogP contribution in [0.4, 0.5) is 0 Å². The van der Waals surface area contributed by atoms with Gasteiger partial charge in [0.15, 0.2) is 13.6 Å².